The fraction of sp³-hybridized carbons (Fsp3) is 0.333. The second-order valence-electron chi connectivity index (χ2n) is 6.72. The van der Waals surface area contributed by atoms with Gasteiger partial charge in [0.05, 0.1) is 5.69 Å². The maximum atomic E-state index is 12.4. The summed E-state index contributed by atoms with van der Waals surface area (Å²) < 4.78 is 5.05. The molecule has 0 spiro atoms. The molecule has 2 aromatic heterocycles. The van der Waals surface area contributed by atoms with Gasteiger partial charge >= 0.3 is 0 Å². The van der Waals surface area contributed by atoms with Crippen LogP contribution in [0.5, 0.6) is 0 Å². The van der Waals surface area contributed by atoms with Gasteiger partial charge in [0.15, 0.2) is 0 Å². The van der Waals surface area contributed by atoms with E-state index < -0.39 is 0 Å². The molecule has 2 N–H and O–H groups in total. The zero-order valence-electron chi connectivity index (χ0n) is 17.4. The molecule has 1 amide bonds. The summed E-state index contributed by atoms with van der Waals surface area (Å²) in [5.41, 5.74) is 3.43. The van der Waals surface area contributed by atoms with Crippen LogP contribution in [0, 0.1) is 20.8 Å². The van der Waals surface area contributed by atoms with Gasteiger partial charge in [-0.2, -0.15) is 4.98 Å². The number of hydrogen-bond acceptors (Lipinski definition) is 7. The smallest absolute Gasteiger partial charge is 0.261 e. The average molecular weight is 394 g/mol. The van der Waals surface area contributed by atoms with Crippen molar-refractivity contribution in [2.45, 2.75) is 34.6 Å². The zero-order valence-corrected chi connectivity index (χ0v) is 17.4. The summed E-state index contributed by atoms with van der Waals surface area (Å²) in [6, 6.07) is 9.35. The van der Waals surface area contributed by atoms with Crippen molar-refractivity contribution in [3.05, 3.63) is 53.0 Å². The molecule has 0 bridgehead atoms. The van der Waals surface area contributed by atoms with Gasteiger partial charge in [-0.3, -0.25) is 4.79 Å². The number of nitrogens with zero attached hydrogens (tertiary/aromatic N) is 4. The number of aromatic nitrogens is 3. The fourth-order valence-electron chi connectivity index (χ4n) is 3.08. The van der Waals surface area contributed by atoms with Crippen LogP contribution < -0.4 is 15.5 Å². The van der Waals surface area contributed by atoms with Crippen LogP contribution in [0.25, 0.3) is 0 Å². The van der Waals surface area contributed by atoms with Gasteiger partial charge in [0.2, 0.25) is 5.95 Å². The second-order valence-corrected chi connectivity index (χ2v) is 6.72. The van der Waals surface area contributed by atoms with Crippen LogP contribution in [0.2, 0.25) is 0 Å². The first kappa shape index (κ1) is 20.3. The molecule has 2 heterocycles. The molecule has 0 saturated carbocycles. The number of nitrogens with one attached hydrogen (secondary N) is 2. The van der Waals surface area contributed by atoms with E-state index in [0.29, 0.717) is 28.7 Å². The Labute approximate surface area is 170 Å². The predicted molar refractivity (Wildman–Crippen MR) is 114 cm³/mol. The van der Waals surface area contributed by atoms with Gasteiger partial charge in [-0.05, 0) is 58.9 Å². The van der Waals surface area contributed by atoms with Crippen molar-refractivity contribution < 1.29 is 9.32 Å². The highest BCUT2D eigenvalue weighted by Crippen LogP contribution is 2.21. The van der Waals surface area contributed by atoms with Crippen molar-refractivity contribution in [3.63, 3.8) is 0 Å². The number of hydrogen-bond donors (Lipinski definition) is 2. The number of benzene rings is 1. The normalized spacial score (nSPS) is 10.7. The monoisotopic (exact) mass is 394 g/mol. The van der Waals surface area contributed by atoms with E-state index in [-0.39, 0.29) is 5.91 Å². The maximum absolute atomic E-state index is 12.4. The van der Waals surface area contributed by atoms with Gasteiger partial charge in [-0.1, -0.05) is 5.16 Å². The highest BCUT2D eigenvalue weighted by atomic mass is 16.5. The Morgan fingerprint density at radius 3 is 2.28 bits per heavy atom. The third-order valence-corrected chi connectivity index (χ3v) is 4.59. The number of anilines is 4. The highest BCUT2D eigenvalue weighted by molar-refractivity contribution is 6.05. The van der Waals surface area contributed by atoms with Crippen LogP contribution in [-0.2, 0) is 0 Å². The lowest BCUT2D eigenvalue weighted by Crippen LogP contribution is -2.23. The molecule has 29 heavy (non-hydrogen) atoms. The molecule has 0 atom stereocenters. The molecule has 1 aromatic carbocycles. The maximum Gasteiger partial charge on any atom is 0.261 e. The van der Waals surface area contributed by atoms with Crippen molar-refractivity contribution in [1.82, 2.24) is 15.1 Å². The van der Waals surface area contributed by atoms with Gasteiger partial charge in [0, 0.05) is 36.2 Å². The molecular formula is C21H26N6O2. The second kappa shape index (κ2) is 8.72. The molecule has 0 aliphatic heterocycles. The number of aryl methyl sites for hydroxylation is 3. The first-order valence-corrected chi connectivity index (χ1v) is 9.63. The van der Waals surface area contributed by atoms with Crippen molar-refractivity contribution in [1.29, 1.82) is 0 Å². The van der Waals surface area contributed by atoms with Crippen molar-refractivity contribution in [2.24, 2.45) is 0 Å². The largest absolute Gasteiger partial charge is 0.361 e. The summed E-state index contributed by atoms with van der Waals surface area (Å²) in [6.45, 7) is 11.4. The van der Waals surface area contributed by atoms with Crippen LogP contribution in [-0.4, -0.2) is 34.1 Å². The van der Waals surface area contributed by atoms with Gasteiger partial charge < -0.3 is 20.1 Å². The van der Waals surface area contributed by atoms with E-state index in [9.17, 15) is 4.79 Å². The molecule has 0 unspecified atom stereocenters. The van der Waals surface area contributed by atoms with E-state index in [2.05, 4.69) is 44.5 Å². The molecule has 152 valence electrons. The summed E-state index contributed by atoms with van der Waals surface area (Å²) >= 11 is 0. The molecule has 3 aromatic rings. The molecule has 0 radical (unpaired) electrons. The lowest BCUT2D eigenvalue weighted by atomic mass is 10.2. The van der Waals surface area contributed by atoms with Crippen LogP contribution >= 0.6 is 0 Å². The lowest BCUT2D eigenvalue weighted by Gasteiger charge is -2.20. The van der Waals surface area contributed by atoms with Gasteiger partial charge in [-0.25, -0.2) is 4.98 Å². The third-order valence-electron chi connectivity index (χ3n) is 4.59. The first-order valence-electron chi connectivity index (χ1n) is 9.63. The number of amides is 1. The van der Waals surface area contributed by atoms with Gasteiger partial charge in [0.1, 0.15) is 17.1 Å². The van der Waals surface area contributed by atoms with E-state index in [4.69, 9.17) is 4.52 Å². The van der Waals surface area contributed by atoms with Crippen molar-refractivity contribution >= 4 is 29.0 Å². The van der Waals surface area contributed by atoms with E-state index in [1.165, 1.54) is 0 Å². The summed E-state index contributed by atoms with van der Waals surface area (Å²) in [4.78, 5) is 23.7. The predicted octanol–water partition coefficient (Wildman–Crippen LogP) is 4.23. The third kappa shape index (κ3) is 4.71. The topological polar surface area (TPSA) is 96.2 Å². The minimum Gasteiger partial charge on any atom is -0.361 e. The molecule has 8 heteroatoms. The van der Waals surface area contributed by atoms with E-state index in [0.717, 1.165) is 30.3 Å². The molecule has 8 nitrogen and oxygen atoms in total. The van der Waals surface area contributed by atoms with Crippen LogP contribution in [0.3, 0.4) is 0 Å². The van der Waals surface area contributed by atoms with E-state index in [1.54, 1.807) is 13.8 Å². The van der Waals surface area contributed by atoms with Crippen molar-refractivity contribution in [2.75, 3.05) is 28.6 Å². The van der Waals surface area contributed by atoms with Gasteiger partial charge in [-0.15, -0.1) is 0 Å². The highest BCUT2D eigenvalue weighted by Gasteiger charge is 2.17. The average Bonchev–Trinajstić information content (AvgIpc) is 3.02. The summed E-state index contributed by atoms with van der Waals surface area (Å²) in [6.07, 6.45) is 0. The van der Waals surface area contributed by atoms with Gasteiger partial charge in [0.25, 0.3) is 5.91 Å². The Morgan fingerprint density at radius 1 is 1.03 bits per heavy atom. The zero-order chi connectivity index (χ0) is 21.0. The Kier molecular flexibility index (Phi) is 6.11. The fourth-order valence-corrected chi connectivity index (χ4v) is 3.08. The first-order chi connectivity index (χ1) is 13.9. The molecule has 0 saturated heterocycles. The summed E-state index contributed by atoms with van der Waals surface area (Å²) in [7, 11) is 0. The SMILES string of the molecule is CCN(CC)c1cc(C)nc(Nc2ccc(NC(=O)c3c(C)noc3C)cc2)n1. The Morgan fingerprint density at radius 2 is 1.69 bits per heavy atom. The lowest BCUT2D eigenvalue weighted by molar-refractivity contribution is 0.102. The quantitative estimate of drug-likeness (QED) is 0.619. The number of rotatable bonds is 7. The minimum absolute atomic E-state index is 0.243. The standard InChI is InChI=1S/C21H26N6O2/c1-6-27(7-2)18-12-13(3)22-21(25-18)24-17-10-8-16(9-11-17)23-20(28)19-14(4)26-29-15(19)5/h8-12H,6-7H2,1-5H3,(H,23,28)(H,22,24,25). The molecule has 0 aliphatic rings. The molecular weight excluding hydrogens is 368 g/mol. The Balaban J connectivity index is 1.72. The van der Waals surface area contributed by atoms with Crippen LogP contribution in [0.1, 0.15) is 41.4 Å². The summed E-state index contributed by atoms with van der Waals surface area (Å²) in [5.74, 6) is 1.69. The molecule has 0 fully saturated rings. The van der Waals surface area contributed by atoms with E-state index in [1.807, 2.05) is 37.3 Å². The van der Waals surface area contributed by atoms with Crippen molar-refractivity contribution in [3.8, 4) is 0 Å². The molecule has 0 aliphatic carbocycles. The number of carbonyl (C=O) groups excluding carboxylic acids is 1. The van der Waals surface area contributed by atoms with Crippen LogP contribution in [0.4, 0.5) is 23.1 Å². The molecule has 3 rings (SSSR count). The Hall–Kier alpha value is -3.42. The summed E-state index contributed by atoms with van der Waals surface area (Å²) in [5, 5.41) is 9.90. The van der Waals surface area contributed by atoms with E-state index >= 15 is 0 Å². The number of carbonyl (C=O) groups is 1. The minimum atomic E-state index is -0.243. The Bertz CT molecular complexity index is 973. The van der Waals surface area contributed by atoms with Crippen LogP contribution in [0.15, 0.2) is 34.9 Å².